The lowest BCUT2D eigenvalue weighted by Crippen LogP contribution is -2.38. The summed E-state index contributed by atoms with van der Waals surface area (Å²) in [7, 11) is 3.14. The van der Waals surface area contributed by atoms with Crippen LogP contribution in [0, 0.1) is 0 Å². The zero-order valence-electron chi connectivity index (χ0n) is 13.6. The average molecular weight is 454 g/mol. The molecule has 0 aromatic heterocycles. The molecule has 0 amide bonds. The number of esters is 1. The van der Waals surface area contributed by atoms with Crippen molar-refractivity contribution < 1.29 is 9.53 Å². The zero-order valence-corrected chi connectivity index (χ0v) is 16.7. The third-order valence-corrected chi connectivity index (χ3v) is 3.56. The molecule has 0 heterocycles. The van der Waals surface area contributed by atoms with Crippen molar-refractivity contribution in [2.75, 3.05) is 27.2 Å². The highest BCUT2D eigenvalue weighted by molar-refractivity contribution is 14.0. The Bertz CT molecular complexity index is 498. The molecule has 2 N–H and O–H groups in total. The van der Waals surface area contributed by atoms with E-state index in [4.69, 9.17) is 11.6 Å². The quantitative estimate of drug-likeness (QED) is 0.209. The molecule has 1 rings (SSSR count). The molecule has 5 nitrogen and oxygen atoms in total. The molecule has 0 unspecified atom stereocenters. The Morgan fingerprint density at radius 1 is 1.22 bits per heavy atom. The van der Waals surface area contributed by atoms with Gasteiger partial charge in [-0.3, -0.25) is 9.79 Å². The van der Waals surface area contributed by atoms with Gasteiger partial charge in [0.05, 0.1) is 7.11 Å². The van der Waals surface area contributed by atoms with Gasteiger partial charge in [0.1, 0.15) is 0 Å². The van der Waals surface area contributed by atoms with Crippen LogP contribution in [0.4, 0.5) is 0 Å². The molecule has 0 aliphatic carbocycles. The molecule has 0 spiro atoms. The topological polar surface area (TPSA) is 62.7 Å². The number of nitrogens with zero attached hydrogens (tertiary/aromatic N) is 1. The minimum atomic E-state index is -0.165. The van der Waals surface area contributed by atoms with Gasteiger partial charge in [0.25, 0.3) is 0 Å². The van der Waals surface area contributed by atoms with Crippen molar-refractivity contribution >= 4 is 47.5 Å². The maximum atomic E-state index is 11.0. The maximum Gasteiger partial charge on any atom is 0.305 e. The molecule has 0 saturated carbocycles. The van der Waals surface area contributed by atoms with Crippen LogP contribution in [-0.4, -0.2) is 39.2 Å². The summed E-state index contributed by atoms with van der Waals surface area (Å²) in [5.74, 6) is 0.590. The molecule has 0 fully saturated rings. The number of hydrogen-bond acceptors (Lipinski definition) is 3. The number of aliphatic imine (C=N–C) groups is 1. The molecule has 0 radical (unpaired) electrons. The van der Waals surface area contributed by atoms with E-state index in [-0.39, 0.29) is 29.9 Å². The molecule has 0 aliphatic rings. The predicted octanol–water partition coefficient (Wildman–Crippen LogP) is 3.01. The van der Waals surface area contributed by atoms with Crippen LogP contribution in [-0.2, 0) is 16.0 Å². The monoisotopic (exact) mass is 453 g/mol. The number of benzene rings is 1. The number of guanidine groups is 1. The lowest BCUT2D eigenvalue weighted by molar-refractivity contribution is -0.140. The van der Waals surface area contributed by atoms with Gasteiger partial charge >= 0.3 is 5.97 Å². The van der Waals surface area contributed by atoms with Crippen molar-refractivity contribution in [3.63, 3.8) is 0 Å². The molecule has 0 aliphatic heterocycles. The fourth-order valence-electron chi connectivity index (χ4n) is 1.94. The minimum absolute atomic E-state index is 0. The van der Waals surface area contributed by atoms with Gasteiger partial charge in [-0.25, -0.2) is 0 Å². The summed E-state index contributed by atoms with van der Waals surface area (Å²) in [4.78, 5) is 15.1. The van der Waals surface area contributed by atoms with Crippen molar-refractivity contribution in [3.8, 4) is 0 Å². The van der Waals surface area contributed by atoms with Crippen LogP contribution in [0.15, 0.2) is 29.3 Å². The van der Waals surface area contributed by atoms with Crippen molar-refractivity contribution in [1.29, 1.82) is 0 Å². The molecule has 130 valence electrons. The third kappa shape index (κ3) is 9.65. The van der Waals surface area contributed by atoms with Crippen LogP contribution in [0.3, 0.4) is 0 Å². The van der Waals surface area contributed by atoms with Crippen LogP contribution in [0.5, 0.6) is 0 Å². The van der Waals surface area contributed by atoms with Crippen molar-refractivity contribution in [3.05, 3.63) is 34.9 Å². The fraction of sp³-hybridized carbons (Fsp3) is 0.500. The number of methoxy groups -OCH3 is 1. The second kappa shape index (κ2) is 13.4. The van der Waals surface area contributed by atoms with Gasteiger partial charge in [-0.15, -0.1) is 24.0 Å². The van der Waals surface area contributed by atoms with Gasteiger partial charge in [0, 0.05) is 31.6 Å². The highest BCUT2D eigenvalue weighted by Gasteiger charge is 2.02. The van der Waals surface area contributed by atoms with Gasteiger partial charge in [0.15, 0.2) is 5.96 Å². The maximum absolute atomic E-state index is 11.0. The number of carbonyl (C=O) groups excluding carboxylic acids is 1. The number of nitrogens with one attached hydrogen (secondary N) is 2. The van der Waals surface area contributed by atoms with Gasteiger partial charge < -0.3 is 15.4 Å². The van der Waals surface area contributed by atoms with Crippen molar-refractivity contribution in [2.45, 2.75) is 25.7 Å². The summed E-state index contributed by atoms with van der Waals surface area (Å²) >= 11 is 6.12. The van der Waals surface area contributed by atoms with E-state index < -0.39 is 0 Å². The molecule has 7 heteroatoms. The van der Waals surface area contributed by atoms with Crippen molar-refractivity contribution in [2.24, 2.45) is 4.99 Å². The standard InChI is InChI=1S/C16H24ClN3O2.HI/c1-18-16(19-11-6-5-9-15(21)22-2)20-12-10-13-7-3-4-8-14(13)17;/h3-4,7-8H,5-6,9-12H2,1-2H3,(H2,18,19,20);1H. The van der Waals surface area contributed by atoms with Gasteiger partial charge in [-0.1, -0.05) is 29.8 Å². The number of hydrogen-bond donors (Lipinski definition) is 2. The Kier molecular flexibility index (Phi) is 12.8. The van der Waals surface area contributed by atoms with Crippen LogP contribution < -0.4 is 10.6 Å². The summed E-state index contributed by atoms with van der Waals surface area (Å²) in [6, 6.07) is 7.82. The molecular formula is C16H25ClIN3O2. The van der Waals surface area contributed by atoms with Crippen LogP contribution in [0.25, 0.3) is 0 Å². The average Bonchev–Trinajstić information content (AvgIpc) is 2.54. The summed E-state index contributed by atoms with van der Waals surface area (Å²) in [5, 5.41) is 7.25. The minimum Gasteiger partial charge on any atom is -0.469 e. The molecule has 1 aromatic rings. The summed E-state index contributed by atoms with van der Waals surface area (Å²) in [5.41, 5.74) is 1.12. The number of carbonyl (C=O) groups is 1. The predicted molar refractivity (Wildman–Crippen MR) is 106 cm³/mol. The molecule has 23 heavy (non-hydrogen) atoms. The number of rotatable bonds is 8. The summed E-state index contributed by atoms with van der Waals surface area (Å²) < 4.78 is 4.60. The third-order valence-electron chi connectivity index (χ3n) is 3.20. The van der Waals surface area contributed by atoms with E-state index in [1.807, 2.05) is 24.3 Å². The second-order valence-electron chi connectivity index (χ2n) is 4.80. The van der Waals surface area contributed by atoms with Crippen LogP contribution in [0.1, 0.15) is 24.8 Å². The number of halogens is 2. The number of unbranched alkanes of at least 4 members (excludes halogenated alkanes) is 1. The first kappa shape index (κ1) is 22.0. The Balaban J connectivity index is 0.00000484. The Hall–Kier alpha value is -1.02. The Labute approximate surface area is 160 Å². The lowest BCUT2D eigenvalue weighted by Gasteiger charge is -2.12. The Morgan fingerprint density at radius 2 is 1.91 bits per heavy atom. The molecule has 1 aromatic carbocycles. The van der Waals surface area contributed by atoms with Gasteiger partial charge in [-0.05, 0) is 30.9 Å². The van der Waals surface area contributed by atoms with E-state index in [0.29, 0.717) is 6.42 Å². The summed E-state index contributed by atoms with van der Waals surface area (Å²) in [6.45, 7) is 1.52. The first-order valence-corrected chi connectivity index (χ1v) is 7.80. The van der Waals surface area contributed by atoms with E-state index >= 15 is 0 Å². The second-order valence-corrected chi connectivity index (χ2v) is 5.21. The fourth-order valence-corrected chi connectivity index (χ4v) is 2.17. The summed E-state index contributed by atoms with van der Waals surface area (Å²) in [6.07, 6.45) is 2.98. The first-order chi connectivity index (χ1) is 10.7. The molecule has 0 atom stereocenters. The van der Waals surface area contributed by atoms with E-state index in [9.17, 15) is 4.79 Å². The van der Waals surface area contributed by atoms with Crippen LogP contribution >= 0.6 is 35.6 Å². The normalized spacial score (nSPS) is 10.7. The van der Waals surface area contributed by atoms with Gasteiger partial charge in [-0.2, -0.15) is 0 Å². The molecule has 0 saturated heterocycles. The zero-order chi connectivity index (χ0) is 16.2. The van der Waals surface area contributed by atoms with E-state index in [1.54, 1.807) is 7.05 Å². The Morgan fingerprint density at radius 3 is 2.57 bits per heavy atom. The first-order valence-electron chi connectivity index (χ1n) is 7.42. The van der Waals surface area contributed by atoms with E-state index in [2.05, 4.69) is 20.4 Å². The van der Waals surface area contributed by atoms with Crippen molar-refractivity contribution in [1.82, 2.24) is 10.6 Å². The molecule has 0 bridgehead atoms. The lowest BCUT2D eigenvalue weighted by atomic mass is 10.1. The number of ether oxygens (including phenoxy) is 1. The largest absolute Gasteiger partial charge is 0.469 e. The van der Waals surface area contributed by atoms with Gasteiger partial charge in [0.2, 0.25) is 0 Å². The van der Waals surface area contributed by atoms with Crippen LogP contribution in [0.2, 0.25) is 5.02 Å². The SMILES string of the molecule is CN=C(NCCCCC(=O)OC)NCCc1ccccc1Cl.I. The highest BCUT2D eigenvalue weighted by atomic mass is 127. The molecular weight excluding hydrogens is 429 g/mol. The van der Waals surface area contributed by atoms with E-state index in [1.165, 1.54) is 7.11 Å². The highest BCUT2D eigenvalue weighted by Crippen LogP contribution is 2.14. The van der Waals surface area contributed by atoms with E-state index in [0.717, 1.165) is 48.9 Å². The smallest absolute Gasteiger partial charge is 0.305 e.